The average molecular weight is 307 g/mol. The fourth-order valence-corrected chi connectivity index (χ4v) is 1.41. The van der Waals surface area contributed by atoms with Crippen LogP contribution in [-0.4, -0.2) is 38.8 Å². The molecule has 6 heteroatoms. The van der Waals surface area contributed by atoms with Crippen LogP contribution in [0.1, 0.15) is 0 Å². The van der Waals surface area contributed by atoms with E-state index < -0.39 is 10.1 Å². The molecule has 0 atom stereocenters. The fraction of sp³-hybridized carbons (Fsp3) is 0. The third-order valence-corrected chi connectivity index (χ3v) is 2.18. The minimum absolute atomic E-state index is 0. The van der Waals surface area contributed by atoms with Crippen molar-refractivity contribution in [3.05, 3.63) is 29.3 Å². The number of rotatable bonds is 1. The summed E-state index contributed by atoms with van der Waals surface area (Å²) < 4.78 is 29.5. The van der Waals surface area contributed by atoms with Gasteiger partial charge in [0.05, 0.1) is 4.90 Å². The molecule has 0 amide bonds. The molecule has 0 spiro atoms. The van der Waals surface area contributed by atoms with Crippen LogP contribution in [0.4, 0.5) is 0 Å². The molecule has 3 nitrogen and oxygen atoms in total. The number of hydrogen-bond donors (Lipinski definition) is 1. The van der Waals surface area contributed by atoms with Gasteiger partial charge in [-0.1, -0.05) is 17.7 Å². The van der Waals surface area contributed by atoms with Gasteiger partial charge in [-0.05, 0) is 18.2 Å². The Morgan fingerprint density at radius 2 is 1.92 bits per heavy atom. The Morgan fingerprint density at radius 1 is 1.33 bits per heavy atom. The van der Waals surface area contributed by atoms with Crippen molar-refractivity contribution in [3.63, 3.8) is 0 Å². The SMILES string of the molecule is O=S(=O)(O)c1cccc(Cl)c1.[In]. The number of halogens is 1. The summed E-state index contributed by atoms with van der Waals surface area (Å²) in [5.74, 6) is 0. The van der Waals surface area contributed by atoms with Crippen molar-refractivity contribution < 1.29 is 13.0 Å². The molecule has 1 N–H and O–H groups in total. The molecule has 0 saturated carbocycles. The minimum atomic E-state index is -4.11. The van der Waals surface area contributed by atoms with Gasteiger partial charge in [-0.25, -0.2) is 0 Å². The zero-order valence-electron chi connectivity index (χ0n) is 5.94. The van der Waals surface area contributed by atoms with Gasteiger partial charge in [0.2, 0.25) is 0 Å². The van der Waals surface area contributed by atoms with E-state index >= 15 is 0 Å². The van der Waals surface area contributed by atoms with E-state index in [-0.39, 0.29) is 35.8 Å². The van der Waals surface area contributed by atoms with Crippen molar-refractivity contribution in [1.29, 1.82) is 0 Å². The van der Waals surface area contributed by atoms with E-state index in [1.54, 1.807) is 0 Å². The van der Waals surface area contributed by atoms with Gasteiger partial charge in [-0.2, -0.15) is 8.42 Å². The van der Waals surface area contributed by atoms with Gasteiger partial charge in [0.1, 0.15) is 0 Å². The Hall–Kier alpha value is 0.290. The molecule has 0 aliphatic carbocycles. The van der Waals surface area contributed by atoms with E-state index in [4.69, 9.17) is 16.2 Å². The van der Waals surface area contributed by atoms with Crippen LogP contribution in [0, 0.1) is 0 Å². The van der Waals surface area contributed by atoms with Gasteiger partial charge in [0, 0.05) is 30.9 Å². The third-order valence-electron chi connectivity index (χ3n) is 1.09. The maximum absolute atomic E-state index is 10.5. The molecule has 63 valence electrons. The topological polar surface area (TPSA) is 54.4 Å². The van der Waals surface area contributed by atoms with Gasteiger partial charge in [0.25, 0.3) is 10.1 Å². The van der Waals surface area contributed by atoms with Crippen molar-refractivity contribution in [2.24, 2.45) is 0 Å². The molecule has 0 bridgehead atoms. The second-order valence-electron chi connectivity index (χ2n) is 1.93. The monoisotopic (exact) mass is 307 g/mol. The normalized spacial score (nSPS) is 10.5. The van der Waals surface area contributed by atoms with E-state index in [9.17, 15) is 8.42 Å². The predicted molar refractivity (Wildman–Crippen MR) is 47.0 cm³/mol. The van der Waals surface area contributed by atoms with Gasteiger partial charge in [-0.3, -0.25) is 4.55 Å². The summed E-state index contributed by atoms with van der Waals surface area (Å²) in [6, 6.07) is 5.42. The smallest absolute Gasteiger partial charge is 0.282 e. The zero-order chi connectivity index (χ0) is 8.48. The maximum Gasteiger partial charge on any atom is 0.294 e. The van der Waals surface area contributed by atoms with E-state index in [1.807, 2.05) is 0 Å². The summed E-state index contributed by atoms with van der Waals surface area (Å²) in [7, 11) is -4.11. The summed E-state index contributed by atoms with van der Waals surface area (Å²) >= 11 is 5.48. The van der Waals surface area contributed by atoms with E-state index in [1.165, 1.54) is 24.3 Å². The van der Waals surface area contributed by atoms with Crippen molar-refractivity contribution in [1.82, 2.24) is 0 Å². The first-order valence-electron chi connectivity index (χ1n) is 2.73. The number of hydrogen-bond acceptors (Lipinski definition) is 2. The largest absolute Gasteiger partial charge is 0.294 e. The van der Waals surface area contributed by atoms with Gasteiger partial charge < -0.3 is 0 Å². The van der Waals surface area contributed by atoms with Crippen LogP contribution < -0.4 is 0 Å². The van der Waals surface area contributed by atoms with Crippen LogP contribution in [0.15, 0.2) is 29.2 Å². The molecule has 1 rings (SSSR count). The summed E-state index contributed by atoms with van der Waals surface area (Å²) in [4.78, 5) is -0.190. The Kier molecular flexibility index (Phi) is 4.61. The standard InChI is InChI=1S/C6H5ClO3S.In/c7-5-2-1-3-6(4-5)11(8,9)10;/h1-4H,(H,8,9,10);. The molecule has 0 aromatic heterocycles. The second kappa shape index (κ2) is 4.50. The molecule has 0 heterocycles. The molecule has 0 unspecified atom stereocenters. The molecule has 1 aromatic rings. The quantitative estimate of drug-likeness (QED) is 0.793. The van der Waals surface area contributed by atoms with Crippen molar-refractivity contribution in [3.8, 4) is 0 Å². The Morgan fingerprint density at radius 3 is 2.25 bits per heavy atom. The first-order chi connectivity index (χ1) is 5.00. The van der Waals surface area contributed by atoms with Crippen LogP contribution in [0.2, 0.25) is 5.02 Å². The Balaban J connectivity index is 0.00000121. The first kappa shape index (κ1) is 12.3. The Labute approximate surface area is 94.3 Å². The van der Waals surface area contributed by atoms with Crippen molar-refractivity contribution in [2.75, 3.05) is 0 Å². The zero-order valence-corrected chi connectivity index (χ0v) is 10.8. The molecule has 0 aliphatic rings. The summed E-state index contributed by atoms with van der Waals surface area (Å²) in [6.07, 6.45) is 0. The van der Waals surface area contributed by atoms with Gasteiger partial charge in [0.15, 0.2) is 0 Å². The Bertz CT molecular complexity index is 363. The van der Waals surface area contributed by atoms with Gasteiger partial charge in [-0.15, -0.1) is 0 Å². The van der Waals surface area contributed by atoms with E-state index in [2.05, 4.69) is 0 Å². The molecule has 0 aliphatic heterocycles. The molecule has 0 fully saturated rings. The minimum Gasteiger partial charge on any atom is -0.282 e. The molecule has 0 saturated heterocycles. The summed E-state index contributed by atoms with van der Waals surface area (Å²) in [5, 5.41) is 0.278. The first-order valence-corrected chi connectivity index (χ1v) is 4.55. The summed E-state index contributed by atoms with van der Waals surface area (Å²) in [5.41, 5.74) is 0. The van der Waals surface area contributed by atoms with Crippen molar-refractivity contribution >= 4 is 47.6 Å². The second-order valence-corrected chi connectivity index (χ2v) is 3.79. The summed E-state index contributed by atoms with van der Waals surface area (Å²) in [6.45, 7) is 0. The number of benzene rings is 1. The molecular weight excluding hydrogens is 302 g/mol. The molecular formula is C6H5ClInO3S. The van der Waals surface area contributed by atoms with Crippen LogP contribution in [-0.2, 0) is 10.1 Å². The van der Waals surface area contributed by atoms with Gasteiger partial charge >= 0.3 is 0 Å². The van der Waals surface area contributed by atoms with Crippen LogP contribution >= 0.6 is 11.6 Å². The molecule has 12 heavy (non-hydrogen) atoms. The average Bonchev–Trinajstić information content (AvgIpc) is 1.86. The third kappa shape index (κ3) is 3.35. The van der Waals surface area contributed by atoms with Crippen molar-refractivity contribution in [2.45, 2.75) is 4.90 Å². The van der Waals surface area contributed by atoms with Crippen LogP contribution in [0.25, 0.3) is 0 Å². The molecule has 3 radical (unpaired) electrons. The van der Waals surface area contributed by atoms with Crippen LogP contribution in [0.3, 0.4) is 0 Å². The van der Waals surface area contributed by atoms with E-state index in [0.717, 1.165) is 0 Å². The van der Waals surface area contributed by atoms with Crippen LogP contribution in [0.5, 0.6) is 0 Å². The van der Waals surface area contributed by atoms with E-state index in [0.29, 0.717) is 0 Å². The predicted octanol–water partition coefficient (Wildman–Crippen LogP) is 1.21. The molecule has 1 aromatic carbocycles. The fourth-order valence-electron chi connectivity index (χ4n) is 0.627. The maximum atomic E-state index is 10.5.